The van der Waals surface area contributed by atoms with Crippen molar-refractivity contribution in [3.05, 3.63) is 23.2 Å². The molecule has 0 aliphatic rings. The normalized spacial score (nSPS) is 11.2. The number of hydrogen-bond donors (Lipinski definition) is 2. The van der Waals surface area contributed by atoms with Crippen LogP contribution < -0.4 is 10.4 Å². The van der Waals surface area contributed by atoms with Crippen molar-refractivity contribution < 1.29 is 19.6 Å². The molecular weight excluding hydrogens is 292 g/mol. The van der Waals surface area contributed by atoms with Crippen LogP contribution in [0, 0.1) is 0 Å². The molecule has 1 amide bonds. The zero-order valence-corrected chi connectivity index (χ0v) is 13.5. The van der Waals surface area contributed by atoms with Crippen molar-refractivity contribution in [3.63, 3.8) is 0 Å². The summed E-state index contributed by atoms with van der Waals surface area (Å²) in [5, 5.41) is 18.5. The lowest BCUT2D eigenvalue weighted by molar-refractivity contribution is 0.0580. The van der Waals surface area contributed by atoms with Gasteiger partial charge >= 0.3 is 13.2 Å². The molecule has 1 aromatic rings. The molecule has 0 bridgehead atoms. The summed E-state index contributed by atoms with van der Waals surface area (Å²) in [5.74, 6) is 0. The predicted octanol–water partition coefficient (Wildman–Crippen LogP) is 2.17. The molecular formula is C14H21BClNO4. The van der Waals surface area contributed by atoms with E-state index in [0.717, 1.165) is 6.42 Å². The van der Waals surface area contributed by atoms with Gasteiger partial charge in [-0.25, -0.2) is 4.79 Å². The number of amides is 1. The smallest absolute Gasteiger partial charge is 0.443 e. The maximum absolute atomic E-state index is 12.2. The van der Waals surface area contributed by atoms with Gasteiger partial charge < -0.3 is 14.8 Å². The molecule has 0 saturated carbocycles. The monoisotopic (exact) mass is 313 g/mol. The quantitative estimate of drug-likeness (QED) is 0.836. The van der Waals surface area contributed by atoms with Crippen LogP contribution in [0.2, 0.25) is 5.02 Å². The molecule has 0 aromatic heterocycles. The first-order valence-corrected chi connectivity index (χ1v) is 7.19. The van der Waals surface area contributed by atoms with Gasteiger partial charge in [-0.3, -0.25) is 4.90 Å². The number of benzene rings is 1. The average Bonchev–Trinajstić information content (AvgIpc) is 2.33. The molecule has 7 heteroatoms. The summed E-state index contributed by atoms with van der Waals surface area (Å²) < 4.78 is 5.37. The van der Waals surface area contributed by atoms with E-state index in [2.05, 4.69) is 0 Å². The van der Waals surface area contributed by atoms with Gasteiger partial charge in [0.05, 0.1) is 0 Å². The van der Waals surface area contributed by atoms with Gasteiger partial charge in [-0.2, -0.15) is 0 Å². The number of ether oxygens (including phenoxy) is 1. The van der Waals surface area contributed by atoms with Crippen molar-refractivity contribution >= 4 is 36.0 Å². The fourth-order valence-corrected chi connectivity index (χ4v) is 2.03. The van der Waals surface area contributed by atoms with E-state index < -0.39 is 18.8 Å². The highest BCUT2D eigenvalue weighted by Crippen LogP contribution is 2.21. The summed E-state index contributed by atoms with van der Waals surface area (Å²) in [6.07, 6.45) is 0.291. The number of hydrogen-bond acceptors (Lipinski definition) is 4. The van der Waals surface area contributed by atoms with Crippen molar-refractivity contribution in [1.29, 1.82) is 0 Å². The second kappa shape index (κ2) is 7.16. The summed E-state index contributed by atoms with van der Waals surface area (Å²) >= 11 is 6.01. The van der Waals surface area contributed by atoms with E-state index in [-0.39, 0.29) is 10.5 Å². The van der Waals surface area contributed by atoms with Crippen molar-refractivity contribution in [3.8, 4) is 0 Å². The Kier molecular flexibility index (Phi) is 6.07. The molecule has 116 valence electrons. The zero-order chi connectivity index (χ0) is 16.2. The predicted molar refractivity (Wildman–Crippen MR) is 85.1 cm³/mol. The molecule has 5 nitrogen and oxygen atoms in total. The van der Waals surface area contributed by atoms with Crippen LogP contribution >= 0.6 is 11.6 Å². The standard InChI is InChI=1S/C14H21BClNO4/c1-5-8-17(13(18)21-14(2,3)4)10-6-7-11(15(19)20)12(16)9-10/h6-7,9,19-20H,5,8H2,1-4H3. The van der Waals surface area contributed by atoms with Gasteiger partial charge in [0.25, 0.3) is 0 Å². The van der Waals surface area contributed by atoms with Gasteiger partial charge in [-0.05, 0) is 39.3 Å². The fraction of sp³-hybridized carbons (Fsp3) is 0.500. The van der Waals surface area contributed by atoms with Crippen LogP contribution in [0.5, 0.6) is 0 Å². The van der Waals surface area contributed by atoms with Crippen LogP contribution in [-0.2, 0) is 4.74 Å². The van der Waals surface area contributed by atoms with Gasteiger partial charge in [0.1, 0.15) is 5.60 Å². The minimum absolute atomic E-state index is 0.187. The first-order valence-electron chi connectivity index (χ1n) is 6.82. The molecule has 2 N–H and O–H groups in total. The molecule has 0 radical (unpaired) electrons. The van der Waals surface area contributed by atoms with Crippen LogP contribution in [0.15, 0.2) is 18.2 Å². The summed E-state index contributed by atoms with van der Waals surface area (Å²) in [6, 6.07) is 4.62. The van der Waals surface area contributed by atoms with Crippen LogP contribution in [0.25, 0.3) is 0 Å². The summed E-state index contributed by atoms with van der Waals surface area (Å²) in [4.78, 5) is 13.7. The Morgan fingerprint density at radius 1 is 1.38 bits per heavy atom. The van der Waals surface area contributed by atoms with Crippen molar-refractivity contribution in [2.75, 3.05) is 11.4 Å². The largest absolute Gasteiger partial charge is 0.489 e. The minimum atomic E-state index is -1.65. The van der Waals surface area contributed by atoms with E-state index in [0.29, 0.717) is 12.2 Å². The van der Waals surface area contributed by atoms with Gasteiger partial charge in [0.2, 0.25) is 0 Å². The van der Waals surface area contributed by atoms with Gasteiger partial charge in [-0.1, -0.05) is 24.6 Å². The lowest BCUT2D eigenvalue weighted by Gasteiger charge is -2.27. The second-order valence-electron chi connectivity index (χ2n) is 5.71. The van der Waals surface area contributed by atoms with Crippen LogP contribution in [-0.4, -0.2) is 35.4 Å². The first kappa shape index (κ1) is 17.8. The van der Waals surface area contributed by atoms with Crippen LogP contribution in [0.1, 0.15) is 34.1 Å². The Balaban J connectivity index is 3.06. The number of carbonyl (C=O) groups is 1. The highest BCUT2D eigenvalue weighted by molar-refractivity contribution is 6.62. The Morgan fingerprint density at radius 2 is 2.00 bits per heavy atom. The van der Waals surface area contributed by atoms with Gasteiger partial charge in [0, 0.05) is 22.7 Å². The molecule has 0 atom stereocenters. The maximum atomic E-state index is 12.2. The van der Waals surface area contributed by atoms with E-state index in [4.69, 9.17) is 26.4 Å². The van der Waals surface area contributed by atoms with Crippen molar-refractivity contribution in [2.24, 2.45) is 0 Å². The number of halogens is 1. The number of carbonyl (C=O) groups excluding carboxylic acids is 1. The fourth-order valence-electron chi connectivity index (χ4n) is 1.76. The molecule has 0 aliphatic heterocycles. The van der Waals surface area contributed by atoms with Crippen LogP contribution in [0.3, 0.4) is 0 Å². The van der Waals surface area contributed by atoms with Gasteiger partial charge in [0.15, 0.2) is 0 Å². The highest BCUT2D eigenvalue weighted by atomic mass is 35.5. The molecule has 1 aromatic carbocycles. The maximum Gasteiger partial charge on any atom is 0.489 e. The zero-order valence-electron chi connectivity index (χ0n) is 12.8. The Hall–Kier alpha value is -1.24. The van der Waals surface area contributed by atoms with E-state index in [1.54, 1.807) is 26.8 Å². The lowest BCUT2D eigenvalue weighted by atomic mass is 9.80. The molecule has 0 unspecified atom stereocenters. The van der Waals surface area contributed by atoms with E-state index in [9.17, 15) is 4.79 Å². The number of rotatable bonds is 4. The average molecular weight is 314 g/mol. The molecule has 0 saturated heterocycles. The topological polar surface area (TPSA) is 70.0 Å². The molecule has 0 aliphatic carbocycles. The minimum Gasteiger partial charge on any atom is -0.443 e. The number of anilines is 1. The Labute approximate surface area is 130 Å². The second-order valence-corrected chi connectivity index (χ2v) is 6.12. The van der Waals surface area contributed by atoms with E-state index in [1.807, 2.05) is 6.92 Å². The molecule has 0 heterocycles. The Bertz CT molecular complexity index is 502. The van der Waals surface area contributed by atoms with Gasteiger partial charge in [-0.15, -0.1) is 0 Å². The van der Waals surface area contributed by atoms with E-state index in [1.165, 1.54) is 17.0 Å². The SMILES string of the molecule is CCCN(C(=O)OC(C)(C)C)c1ccc(B(O)O)c(Cl)c1. The van der Waals surface area contributed by atoms with E-state index >= 15 is 0 Å². The summed E-state index contributed by atoms with van der Waals surface area (Å²) in [6.45, 7) is 7.82. The third-order valence-electron chi connectivity index (χ3n) is 2.63. The van der Waals surface area contributed by atoms with Crippen LogP contribution in [0.4, 0.5) is 10.5 Å². The first-order chi connectivity index (χ1) is 9.65. The molecule has 0 spiro atoms. The summed E-state index contributed by atoms with van der Waals surface area (Å²) in [5.41, 5.74) is 0.162. The number of nitrogens with zero attached hydrogens (tertiary/aromatic N) is 1. The third kappa shape index (κ3) is 5.23. The van der Waals surface area contributed by atoms with Crippen molar-refractivity contribution in [1.82, 2.24) is 0 Å². The molecule has 1 rings (SSSR count). The lowest BCUT2D eigenvalue weighted by Crippen LogP contribution is -2.38. The molecule has 21 heavy (non-hydrogen) atoms. The molecule has 0 fully saturated rings. The Morgan fingerprint density at radius 3 is 2.43 bits per heavy atom. The highest BCUT2D eigenvalue weighted by Gasteiger charge is 2.24. The summed E-state index contributed by atoms with van der Waals surface area (Å²) in [7, 11) is -1.65. The third-order valence-corrected chi connectivity index (χ3v) is 2.96. The van der Waals surface area contributed by atoms with Crippen molar-refractivity contribution in [2.45, 2.75) is 39.7 Å².